The number of primary amides is 2. The lowest BCUT2D eigenvalue weighted by atomic mass is 9.88. The van der Waals surface area contributed by atoms with Crippen molar-refractivity contribution in [1.29, 1.82) is 0 Å². The van der Waals surface area contributed by atoms with Crippen LogP contribution in [0, 0.1) is 11.8 Å². The van der Waals surface area contributed by atoms with Gasteiger partial charge in [-0.05, 0) is 12.3 Å². The number of hydrogen-bond donors (Lipinski definition) is 2. The fraction of sp³-hybridized carbons (Fsp3) is 0.800. The molecule has 0 heterocycles. The highest BCUT2D eigenvalue weighted by Gasteiger charge is 2.27. The van der Waals surface area contributed by atoms with Crippen LogP contribution in [0.2, 0.25) is 0 Å². The molecule has 0 aromatic carbocycles. The summed E-state index contributed by atoms with van der Waals surface area (Å²) in [5.74, 6) is -2.08. The Morgan fingerprint density at radius 1 is 1.14 bits per heavy atom. The van der Waals surface area contributed by atoms with Crippen LogP contribution in [0.15, 0.2) is 0 Å². The van der Waals surface area contributed by atoms with E-state index in [0.717, 1.165) is 25.7 Å². The first-order chi connectivity index (χ1) is 6.50. The second-order valence-electron chi connectivity index (χ2n) is 3.76. The van der Waals surface area contributed by atoms with E-state index in [9.17, 15) is 9.59 Å². The molecule has 1 atom stereocenters. The van der Waals surface area contributed by atoms with E-state index < -0.39 is 17.7 Å². The average molecular weight is 200 g/mol. The van der Waals surface area contributed by atoms with Crippen molar-refractivity contribution in [2.75, 3.05) is 0 Å². The lowest BCUT2D eigenvalue weighted by molar-refractivity contribution is -0.133. The van der Waals surface area contributed by atoms with E-state index in [1.165, 1.54) is 0 Å². The van der Waals surface area contributed by atoms with Crippen LogP contribution in [0.4, 0.5) is 0 Å². The van der Waals surface area contributed by atoms with Crippen LogP contribution in [0.5, 0.6) is 0 Å². The zero-order chi connectivity index (χ0) is 11.1. The highest BCUT2D eigenvalue weighted by molar-refractivity contribution is 5.99. The Kier molecular flexibility index (Phi) is 5.92. The van der Waals surface area contributed by atoms with Gasteiger partial charge in [0.2, 0.25) is 11.8 Å². The third-order valence-corrected chi connectivity index (χ3v) is 2.45. The molecule has 0 aliphatic heterocycles. The zero-order valence-corrected chi connectivity index (χ0v) is 8.95. The summed E-state index contributed by atoms with van der Waals surface area (Å²) in [6.07, 6.45) is 4.05. The molecular formula is C10H20N2O2. The standard InChI is InChI=1S/C10H20N2O2/c1-3-4-5-6-7(2)8(9(11)13)10(12)14/h7-8H,3-6H2,1-2H3,(H2,11,13)(H2,12,14)/t7-/m1/s1. The van der Waals surface area contributed by atoms with E-state index in [-0.39, 0.29) is 5.92 Å². The largest absolute Gasteiger partial charge is 0.369 e. The molecule has 0 aliphatic carbocycles. The fourth-order valence-corrected chi connectivity index (χ4v) is 1.58. The molecule has 0 bridgehead atoms. The molecule has 0 saturated carbocycles. The summed E-state index contributed by atoms with van der Waals surface area (Å²) in [7, 11) is 0. The summed E-state index contributed by atoms with van der Waals surface area (Å²) in [5.41, 5.74) is 10.2. The van der Waals surface area contributed by atoms with Crippen LogP contribution in [0.25, 0.3) is 0 Å². The van der Waals surface area contributed by atoms with Gasteiger partial charge in [-0.2, -0.15) is 0 Å². The third-order valence-electron chi connectivity index (χ3n) is 2.45. The maximum atomic E-state index is 10.9. The Morgan fingerprint density at radius 2 is 1.64 bits per heavy atom. The third kappa shape index (κ3) is 4.25. The van der Waals surface area contributed by atoms with Crippen molar-refractivity contribution in [2.45, 2.75) is 39.5 Å². The second kappa shape index (κ2) is 6.40. The van der Waals surface area contributed by atoms with Crippen molar-refractivity contribution in [3.63, 3.8) is 0 Å². The number of amides is 2. The summed E-state index contributed by atoms with van der Waals surface area (Å²) in [5, 5.41) is 0. The van der Waals surface area contributed by atoms with Gasteiger partial charge < -0.3 is 11.5 Å². The summed E-state index contributed by atoms with van der Waals surface area (Å²) >= 11 is 0. The van der Waals surface area contributed by atoms with Crippen molar-refractivity contribution < 1.29 is 9.59 Å². The predicted molar refractivity (Wildman–Crippen MR) is 55.2 cm³/mol. The molecule has 0 aromatic rings. The molecule has 0 saturated heterocycles. The molecule has 0 rings (SSSR count). The monoisotopic (exact) mass is 200 g/mol. The molecule has 4 nitrogen and oxygen atoms in total. The molecule has 0 aromatic heterocycles. The molecular weight excluding hydrogens is 180 g/mol. The maximum Gasteiger partial charge on any atom is 0.230 e. The smallest absolute Gasteiger partial charge is 0.230 e. The highest BCUT2D eigenvalue weighted by Crippen LogP contribution is 2.18. The van der Waals surface area contributed by atoms with Crippen molar-refractivity contribution in [3.8, 4) is 0 Å². The van der Waals surface area contributed by atoms with Gasteiger partial charge in [-0.25, -0.2) is 0 Å². The Balaban J connectivity index is 4.09. The minimum Gasteiger partial charge on any atom is -0.369 e. The van der Waals surface area contributed by atoms with Crippen LogP contribution in [0.3, 0.4) is 0 Å². The minimum absolute atomic E-state index is 0.0449. The lowest BCUT2D eigenvalue weighted by Crippen LogP contribution is -2.39. The molecule has 4 heteroatoms. The van der Waals surface area contributed by atoms with Crippen LogP contribution < -0.4 is 11.5 Å². The molecule has 2 amide bonds. The first-order valence-electron chi connectivity index (χ1n) is 5.09. The average Bonchev–Trinajstić information content (AvgIpc) is 2.03. The SMILES string of the molecule is CCCCC[C@@H](C)C(C(N)=O)C(N)=O. The van der Waals surface area contributed by atoms with E-state index in [0.29, 0.717) is 0 Å². The van der Waals surface area contributed by atoms with Crippen LogP contribution in [-0.4, -0.2) is 11.8 Å². The van der Waals surface area contributed by atoms with E-state index in [2.05, 4.69) is 6.92 Å². The van der Waals surface area contributed by atoms with Crippen LogP contribution in [-0.2, 0) is 9.59 Å². The van der Waals surface area contributed by atoms with E-state index in [4.69, 9.17) is 11.5 Å². The number of carbonyl (C=O) groups excluding carboxylic acids is 2. The summed E-state index contributed by atoms with van der Waals surface area (Å²) < 4.78 is 0. The fourth-order valence-electron chi connectivity index (χ4n) is 1.58. The first kappa shape index (κ1) is 12.9. The molecule has 82 valence electrons. The summed E-state index contributed by atoms with van der Waals surface area (Å²) in [6.45, 7) is 3.94. The molecule has 0 aliphatic rings. The summed E-state index contributed by atoms with van der Waals surface area (Å²) in [6, 6.07) is 0. The number of unbranched alkanes of at least 4 members (excludes halogenated alkanes) is 2. The number of carbonyl (C=O) groups is 2. The van der Waals surface area contributed by atoms with E-state index in [1.807, 2.05) is 6.92 Å². The van der Waals surface area contributed by atoms with E-state index >= 15 is 0 Å². The molecule has 0 spiro atoms. The van der Waals surface area contributed by atoms with Crippen molar-refractivity contribution in [1.82, 2.24) is 0 Å². The molecule has 0 unspecified atom stereocenters. The number of rotatable bonds is 7. The number of hydrogen-bond acceptors (Lipinski definition) is 2. The van der Waals surface area contributed by atoms with Gasteiger partial charge >= 0.3 is 0 Å². The maximum absolute atomic E-state index is 10.9. The predicted octanol–water partition coefficient (Wildman–Crippen LogP) is 0.790. The Hall–Kier alpha value is -1.06. The van der Waals surface area contributed by atoms with Gasteiger partial charge in [0, 0.05) is 0 Å². The van der Waals surface area contributed by atoms with Crippen LogP contribution in [0.1, 0.15) is 39.5 Å². The molecule has 0 radical (unpaired) electrons. The Labute approximate surface area is 85.0 Å². The van der Waals surface area contributed by atoms with Crippen molar-refractivity contribution in [2.24, 2.45) is 23.3 Å². The molecule has 4 N–H and O–H groups in total. The van der Waals surface area contributed by atoms with Gasteiger partial charge in [-0.15, -0.1) is 0 Å². The second-order valence-corrected chi connectivity index (χ2v) is 3.76. The van der Waals surface area contributed by atoms with Gasteiger partial charge in [0.1, 0.15) is 5.92 Å². The quantitative estimate of drug-likeness (QED) is 0.470. The van der Waals surface area contributed by atoms with Gasteiger partial charge in [-0.1, -0.05) is 33.1 Å². The van der Waals surface area contributed by atoms with Gasteiger partial charge in [0.05, 0.1) is 0 Å². The summed E-state index contributed by atoms with van der Waals surface area (Å²) in [4.78, 5) is 21.9. The van der Waals surface area contributed by atoms with Gasteiger partial charge in [0.15, 0.2) is 0 Å². The normalized spacial score (nSPS) is 12.8. The first-order valence-corrected chi connectivity index (χ1v) is 5.09. The van der Waals surface area contributed by atoms with Crippen LogP contribution >= 0.6 is 0 Å². The number of nitrogens with two attached hydrogens (primary N) is 2. The zero-order valence-electron chi connectivity index (χ0n) is 8.95. The van der Waals surface area contributed by atoms with E-state index in [1.54, 1.807) is 0 Å². The lowest BCUT2D eigenvalue weighted by Gasteiger charge is -2.17. The molecule has 14 heavy (non-hydrogen) atoms. The van der Waals surface area contributed by atoms with Crippen molar-refractivity contribution in [3.05, 3.63) is 0 Å². The Bertz CT molecular complexity index is 190. The topological polar surface area (TPSA) is 86.2 Å². The molecule has 0 fully saturated rings. The van der Waals surface area contributed by atoms with Crippen molar-refractivity contribution >= 4 is 11.8 Å². The minimum atomic E-state index is -0.813. The van der Waals surface area contributed by atoms with Gasteiger partial charge in [0.25, 0.3) is 0 Å². The highest BCUT2D eigenvalue weighted by atomic mass is 16.2. The Morgan fingerprint density at radius 3 is 2.00 bits per heavy atom. The van der Waals surface area contributed by atoms with Gasteiger partial charge in [-0.3, -0.25) is 9.59 Å².